The summed E-state index contributed by atoms with van der Waals surface area (Å²) in [5.74, 6) is -3.58. The van der Waals surface area contributed by atoms with Crippen LogP contribution in [0.15, 0.2) is 6.20 Å². The van der Waals surface area contributed by atoms with Gasteiger partial charge in [-0.05, 0) is 0 Å². The summed E-state index contributed by atoms with van der Waals surface area (Å²) in [6, 6.07) is 0. The predicted molar refractivity (Wildman–Crippen MR) is 40.2 cm³/mol. The number of aromatic nitrogens is 2. The molecule has 0 fully saturated rings. The number of carboxylic acids is 1. The molecule has 0 saturated heterocycles. The lowest BCUT2D eigenvalue weighted by molar-refractivity contribution is -0.141. The number of nitrogens with zero attached hydrogens (tertiary/aromatic N) is 2. The van der Waals surface area contributed by atoms with Gasteiger partial charge in [-0.25, -0.2) is 4.79 Å². The van der Waals surface area contributed by atoms with E-state index in [0.717, 1.165) is 17.9 Å². The number of carbonyl (C=O) groups excluding carboxylic acids is 1. The number of ketones is 1. The van der Waals surface area contributed by atoms with E-state index in [4.69, 9.17) is 5.11 Å². The minimum absolute atomic E-state index is 0.722. The summed E-state index contributed by atoms with van der Waals surface area (Å²) in [5, 5.41) is 11.3. The standard InChI is InChI=1S/C7H5F3N2O3/c1-12-2-3(4(13)6(14)15)5(11-12)7(8,9)10/h2H,1H3,(H,14,15). The lowest BCUT2D eigenvalue weighted by Crippen LogP contribution is -2.18. The van der Waals surface area contributed by atoms with Gasteiger partial charge in [-0.3, -0.25) is 9.48 Å². The third-order valence-electron chi connectivity index (χ3n) is 1.54. The molecule has 0 aliphatic heterocycles. The molecule has 0 spiro atoms. The SMILES string of the molecule is Cn1cc(C(=O)C(=O)O)c(C(F)(F)F)n1. The molecule has 0 radical (unpaired) electrons. The molecule has 8 heteroatoms. The van der Waals surface area contributed by atoms with Gasteiger partial charge in [-0.2, -0.15) is 18.3 Å². The summed E-state index contributed by atoms with van der Waals surface area (Å²) >= 11 is 0. The number of hydrogen-bond acceptors (Lipinski definition) is 3. The zero-order valence-electron chi connectivity index (χ0n) is 7.37. The van der Waals surface area contributed by atoms with Gasteiger partial charge in [-0.15, -0.1) is 0 Å². The van der Waals surface area contributed by atoms with Crippen molar-refractivity contribution in [3.05, 3.63) is 17.5 Å². The molecule has 0 amide bonds. The molecule has 0 saturated carbocycles. The van der Waals surface area contributed by atoms with Gasteiger partial charge in [-0.1, -0.05) is 0 Å². The van der Waals surface area contributed by atoms with E-state index in [9.17, 15) is 22.8 Å². The Morgan fingerprint density at radius 2 is 2.00 bits per heavy atom. The van der Waals surface area contributed by atoms with E-state index in [0.29, 0.717) is 0 Å². The average Bonchev–Trinajstić information content (AvgIpc) is 2.44. The van der Waals surface area contributed by atoms with Crippen molar-refractivity contribution in [2.75, 3.05) is 0 Å². The number of aryl methyl sites for hydroxylation is 1. The van der Waals surface area contributed by atoms with Crippen molar-refractivity contribution in [2.45, 2.75) is 6.18 Å². The van der Waals surface area contributed by atoms with Crippen LogP contribution in [0, 0.1) is 0 Å². The van der Waals surface area contributed by atoms with Crippen molar-refractivity contribution >= 4 is 11.8 Å². The van der Waals surface area contributed by atoms with Crippen LogP contribution in [-0.4, -0.2) is 26.6 Å². The Bertz CT molecular complexity index is 422. The quantitative estimate of drug-likeness (QED) is 0.590. The van der Waals surface area contributed by atoms with Gasteiger partial charge in [0.2, 0.25) is 0 Å². The van der Waals surface area contributed by atoms with Gasteiger partial charge in [0, 0.05) is 13.2 Å². The van der Waals surface area contributed by atoms with E-state index < -0.39 is 29.2 Å². The second-order valence-corrected chi connectivity index (χ2v) is 2.70. The normalized spacial score (nSPS) is 11.5. The third-order valence-corrected chi connectivity index (χ3v) is 1.54. The number of aliphatic carboxylic acids is 1. The fourth-order valence-electron chi connectivity index (χ4n) is 0.979. The third kappa shape index (κ3) is 2.14. The number of carboxylic acid groups (broad SMARTS) is 1. The highest BCUT2D eigenvalue weighted by molar-refractivity contribution is 6.40. The summed E-state index contributed by atoms with van der Waals surface area (Å²) in [6.07, 6.45) is -4.12. The van der Waals surface area contributed by atoms with Crippen molar-refractivity contribution in [3.8, 4) is 0 Å². The molecular formula is C7H5F3N2O3. The van der Waals surface area contributed by atoms with Crippen molar-refractivity contribution < 1.29 is 27.9 Å². The maximum atomic E-state index is 12.3. The number of carbonyl (C=O) groups is 2. The summed E-state index contributed by atoms with van der Waals surface area (Å²) in [5.41, 5.74) is -2.45. The molecule has 0 aliphatic carbocycles. The highest BCUT2D eigenvalue weighted by Crippen LogP contribution is 2.30. The molecule has 0 unspecified atom stereocenters. The van der Waals surface area contributed by atoms with Gasteiger partial charge in [0.25, 0.3) is 5.78 Å². The molecular weight excluding hydrogens is 217 g/mol. The first kappa shape index (κ1) is 11.2. The first-order valence-electron chi connectivity index (χ1n) is 3.62. The van der Waals surface area contributed by atoms with Crippen LogP contribution in [0.25, 0.3) is 0 Å². The summed E-state index contributed by atoms with van der Waals surface area (Å²) < 4.78 is 37.5. The van der Waals surface area contributed by atoms with Crippen LogP contribution >= 0.6 is 0 Å². The molecule has 0 aliphatic rings. The predicted octanol–water partition coefficient (Wildman–Crippen LogP) is 0.706. The Morgan fingerprint density at radius 1 is 1.47 bits per heavy atom. The molecule has 0 atom stereocenters. The number of halogens is 3. The van der Waals surface area contributed by atoms with E-state index in [2.05, 4.69) is 5.10 Å². The van der Waals surface area contributed by atoms with E-state index >= 15 is 0 Å². The van der Waals surface area contributed by atoms with Crippen molar-refractivity contribution in [3.63, 3.8) is 0 Å². The first-order chi connectivity index (χ1) is 6.73. The minimum Gasteiger partial charge on any atom is -0.475 e. The summed E-state index contributed by atoms with van der Waals surface area (Å²) in [6.45, 7) is 0. The molecule has 1 aromatic heterocycles. The van der Waals surface area contributed by atoms with Crippen LogP contribution < -0.4 is 0 Å². The first-order valence-corrected chi connectivity index (χ1v) is 3.62. The summed E-state index contributed by atoms with van der Waals surface area (Å²) in [4.78, 5) is 21.1. The summed E-state index contributed by atoms with van der Waals surface area (Å²) in [7, 11) is 1.16. The zero-order chi connectivity index (χ0) is 11.8. The molecule has 0 bridgehead atoms. The van der Waals surface area contributed by atoms with Crippen LogP contribution in [0.2, 0.25) is 0 Å². The Kier molecular flexibility index (Phi) is 2.52. The van der Waals surface area contributed by atoms with Crippen LogP contribution in [0.1, 0.15) is 16.1 Å². The maximum Gasteiger partial charge on any atom is 0.435 e. The van der Waals surface area contributed by atoms with Crippen molar-refractivity contribution in [2.24, 2.45) is 7.05 Å². The molecule has 15 heavy (non-hydrogen) atoms. The number of alkyl halides is 3. The van der Waals surface area contributed by atoms with Gasteiger partial charge in [0.05, 0.1) is 5.56 Å². The maximum absolute atomic E-state index is 12.3. The average molecular weight is 222 g/mol. The highest BCUT2D eigenvalue weighted by atomic mass is 19.4. The number of Topliss-reactive ketones (excluding diaryl/α,β-unsaturated/α-hetero) is 1. The molecule has 82 valence electrons. The molecule has 5 nitrogen and oxygen atoms in total. The van der Waals surface area contributed by atoms with Crippen LogP contribution in [0.3, 0.4) is 0 Å². The molecule has 1 heterocycles. The lowest BCUT2D eigenvalue weighted by Gasteiger charge is -2.02. The zero-order valence-corrected chi connectivity index (χ0v) is 7.37. The Hall–Kier alpha value is -1.86. The molecule has 1 N–H and O–H groups in total. The Labute approximate surface area is 81.1 Å². The van der Waals surface area contributed by atoms with Crippen molar-refractivity contribution in [1.29, 1.82) is 0 Å². The second kappa shape index (κ2) is 3.37. The fourth-order valence-corrected chi connectivity index (χ4v) is 0.979. The molecule has 1 rings (SSSR count). The van der Waals surface area contributed by atoms with E-state index in [-0.39, 0.29) is 0 Å². The number of hydrogen-bond donors (Lipinski definition) is 1. The smallest absolute Gasteiger partial charge is 0.435 e. The lowest BCUT2D eigenvalue weighted by atomic mass is 10.1. The van der Waals surface area contributed by atoms with Crippen LogP contribution in [0.4, 0.5) is 13.2 Å². The van der Waals surface area contributed by atoms with E-state index in [1.54, 1.807) is 0 Å². The number of rotatable bonds is 2. The van der Waals surface area contributed by atoms with Gasteiger partial charge < -0.3 is 5.11 Å². The van der Waals surface area contributed by atoms with Gasteiger partial charge >= 0.3 is 12.1 Å². The monoisotopic (exact) mass is 222 g/mol. The van der Waals surface area contributed by atoms with Gasteiger partial charge in [0.1, 0.15) is 0 Å². The van der Waals surface area contributed by atoms with E-state index in [1.165, 1.54) is 0 Å². The van der Waals surface area contributed by atoms with Crippen LogP contribution in [-0.2, 0) is 18.0 Å². The fraction of sp³-hybridized carbons (Fsp3) is 0.286. The Balaban J connectivity index is 3.30. The van der Waals surface area contributed by atoms with Crippen molar-refractivity contribution in [1.82, 2.24) is 9.78 Å². The molecule has 0 aromatic carbocycles. The highest BCUT2D eigenvalue weighted by Gasteiger charge is 2.40. The van der Waals surface area contributed by atoms with Crippen LogP contribution in [0.5, 0.6) is 0 Å². The topological polar surface area (TPSA) is 72.2 Å². The molecule has 1 aromatic rings. The largest absolute Gasteiger partial charge is 0.475 e. The van der Waals surface area contributed by atoms with Gasteiger partial charge in [0.15, 0.2) is 5.69 Å². The Morgan fingerprint density at radius 3 is 2.40 bits per heavy atom. The second-order valence-electron chi connectivity index (χ2n) is 2.70. The van der Waals surface area contributed by atoms with E-state index in [1.807, 2.05) is 0 Å². The minimum atomic E-state index is -4.85.